The van der Waals surface area contributed by atoms with Crippen molar-refractivity contribution >= 4 is 29.2 Å². The molecule has 0 aliphatic carbocycles. The fraction of sp³-hybridized carbons (Fsp3) is 0.389. The molecule has 150 valence electrons. The average Bonchev–Trinajstić information content (AvgIpc) is 3.34. The molecule has 0 radical (unpaired) electrons. The number of aliphatic imine (C=N–C) groups is 1. The van der Waals surface area contributed by atoms with E-state index in [0.29, 0.717) is 5.56 Å². The van der Waals surface area contributed by atoms with Gasteiger partial charge in [-0.3, -0.25) is 9.69 Å². The Morgan fingerprint density at radius 2 is 2.24 bits per heavy atom. The fourth-order valence-corrected chi connectivity index (χ4v) is 4.76. The molecule has 0 saturated carbocycles. The van der Waals surface area contributed by atoms with Crippen molar-refractivity contribution in [3.05, 3.63) is 33.4 Å². The van der Waals surface area contributed by atoms with Gasteiger partial charge in [0.05, 0.1) is 30.8 Å². The summed E-state index contributed by atoms with van der Waals surface area (Å²) in [5, 5.41) is 10.9. The Hall–Kier alpha value is -3.26. The number of guanidine groups is 1. The Balaban J connectivity index is 1.83. The molecule has 2 aliphatic heterocycles. The van der Waals surface area contributed by atoms with Crippen molar-refractivity contribution in [2.75, 3.05) is 32.1 Å². The molecule has 9 nitrogen and oxygen atoms in total. The number of amides is 1. The maximum absolute atomic E-state index is 14.1. The van der Waals surface area contributed by atoms with Crippen LogP contribution in [0.15, 0.2) is 16.4 Å². The molecular formula is C18H18FN7O2S. The summed E-state index contributed by atoms with van der Waals surface area (Å²) in [7, 11) is 2.91. The minimum Gasteiger partial charge on any atom is -0.479 e. The van der Waals surface area contributed by atoms with Gasteiger partial charge in [0.1, 0.15) is 11.6 Å². The van der Waals surface area contributed by atoms with Crippen molar-refractivity contribution in [1.82, 2.24) is 14.9 Å². The number of carbonyl (C=O) groups excluding carboxylic acids is 1. The number of aromatic nitrogens is 2. The largest absolute Gasteiger partial charge is 0.479 e. The topological polar surface area (TPSA) is 121 Å². The molecule has 1 saturated heterocycles. The predicted octanol–water partition coefficient (Wildman–Crippen LogP) is 0.984. The normalized spacial score (nSPS) is 23.6. The van der Waals surface area contributed by atoms with Crippen LogP contribution in [0.3, 0.4) is 0 Å². The highest BCUT2D eigenvalue weighted by Gasteiger charge is 2.56. The molecule has 1 fully saturated rings. The number of anilines is 1. The van der Waals surface area contributed by atoms with Crippen molar-refractivity contribution in [3.8, 4) is 11.9 Å². The fourth-order valence-electron chi connectivity index (χ4n) is 3.73. The number of methoxy groups -OCH3 is 1. The number of nitriles is 1. The highest BCUT2D eigenvalue weighted by Crippen LogP contribution is 2.46. The monoisotopic (exact) mass is 415 g/mol. The van der Waals surface area contributed by atoms with Gasteiger partial charge in [-0.1, -0.05) is 0 Å². The molecule has 0 unspecified atom stereocenters. The van der Waals surface area contributed by atoms with Gasteiger partial charge in [-0.2, -0.15) is 14.6 Å². The quantitative estimate of drug-likeness (QED) is 0.793. The van der Waals surface area contributed by atoms with Gasteiger partial charge < -0.3 is 15.4 Å². The molecular weight excluding hydrogens is 397 g/mol. The zero-order valence-corrected chi connectivity index (χ0v) is 16.8. The van der Waals surface area contributed by atoms with Crippen molar-refractivity contribution in [1.29, 1.82) is 5.26 Å². The Labute approximate surface area is 170 Å². The number of halogens is 1. The highest BCUT2D eigenvalue weighted by atomic mass is 32.1. The minimum atomic E-state index is -0.966. The van der Waals surface area contributed by atoms with Crippen LogP contribution in [0.1, 0.15) is 16.1 Å². The zero-order chi connectivity index (χ0) is 20.9. The van der Waals surface area contributed by atoms with Gasteiger partial charge in [0, 0.05) is 23.8 Å². The highest BCUT2D eigenvalue weighted by molar-refractivity contribution is 7.10. The van der Waals surface area contributed by atoms with E-state index in [1.807, 2.05) is 0 Å². The second kappa shape index (κ2) is 6.66. The summed E-state index contributed by atoms with van der Waals surface area (Å²) in [6.45, 7) is 2.06. The second-order valence-electron chi connectivity index (χ2n) is 6.97. The predicted molar refractivity (Wildman–Crippen MR) is 104 cm³/mol. The second-order valence-corrected chi connectivity index (χ2v) is 7.88. The first-order valence-corrected chi connectivity index (χ1v) is 9.63. The number of rotatable bonds is 3. The first-order valence-electron chi connectivity index (χ1n) is 8.75. The molecule has 2 aromatic rings. The maximum atomic E-state index is 14.1. The number of aryl methyl sites for hydroxylation is 1. The standard InChI is InChI=1S/C18H18FN7O2S/c1-9-13(19)14(28-3)23-17(22-9)26-6-11-15(27)25(2)16(21)24-18(11,8-26)12-4-10(5-20)7-29-12/h4,7,11H,6,8H2,1-3H3,(H2,21,24)/t11-,18-/m0/s1. The first-order chi connectivity index (χ1) is 13.8. The van der Waals surface area contributed by atoms with Gasteiger partial charge in [-0.25, -0.2) is 9.98 Å². The van der Waals surface area contributed by atoms with E-state index < -0.39 is 17.3 Å². The Bertz CT molecular complexity index is 1080. The number of nitrogens with two attached hydrogens (primary N) is 1. The van der Waals surface area contributed by atoms with Crippen LogP contribution in [-0.4, -0.2) is 54.0 Å². The number of carbonyl (C=O) groups is 1. The van der Waals surface area contributed by atoms with Crippen molar-refractivity contribution in [2.24, 2.45) is 16.6 Å². The number of fused-ring (bicyclic) bond motifs is 1. The van der Waals surface area contributed by atoms with Crippen molar-refractivity contribution < 1.29 is 13.9 Å². The average molecular weight is 415 g/mol. The molecule has 2 atom stereocenters. The van der Waals surface area contributed by atoms with Crippen LogP contribution in [-0.2, 0) is 10.3 Å². The van der Waals surface area contributed by atoms with Gasteiger partial charge in [0.15, 0.2) is 5.96 Å². The lowest BCUT2D eigenvalue weighted by Gasteiger charge is -2.36. The van der Waals surface area contributed by atoms with Crippen LogP contribution in [0, 0.1) is 30.0 Å². The molecule has 2 N–H and O–H groups in total. The molecule has 2 aromatic heterocycles. The van der Waals surface area contributed by atoms with E-state index >= 15 is 0 Å². The van der Waals surface area contributed by atoms with Crippen molar-refractivity contribution in [3.63, 3.8) is 0 Å². The summed E-state index contributed by atoms with van der Waals surface area (Å²) >= 11 is 1.36. The number of hydrogen-bond donors (Lipinski definition) is 1. The third-order valence-corrected chi connectivity index (χ3v) is 6.40. The Morgan fingerprint density at radius 1 is 1.48 bits per heavy atom. The summed E-state index contributed by atoms with van der Waals surface area (Å²) in [4.78, 5) is 30.0. The Kier molecular flexibility index (Phi) is 4.38. The van der Waals surface area contributed by atoms with E-state index in [0.717, 1.165) is 4.88 Å². The van der Waals surface area contributed by atoms with Crippen LogP contribution in [0.25, 0.3) is 0 Å². The molecule has 29 heavy (non-hydrogen) atoms. The van der Waals surface area contributed by atoms with Crippen LogP contribution in [0.5, 0.6) is 5.88 Å². The SMILES string of the molecule is COc1nc(N2C[C@H]3C(=O)N(C)C(N)=N[C@@]3(c3cc(C#N)cs3)C2)nc(C)c1F. The lowest BCUT2D eigenvalue weighted by atomic mass is 9.83. The van der Waals surface area contributed by atoms with Gasteiger partial charge in [0.2, 0.25) is 17.7 Å². The Morgan fingerprint density at radius 3 is 2.90 bits per heavy atom. The van der Waals surface area contributed by atoms with E-state index in [1.54, 1.807) is 23.4 Å². The number of hydrogen-bond acceptors (Lipinski definition) is 9. The molecule has 0 bridgehead atoms. The molecule has 0 aromatic carbocycles. The van der Waals surface area contributed by atoms with Crippen LogP contribution in [0.4, 0.5) is 10.3 Å². The number of nitrogens with zero attached hydrogens (tertiary/aromatic N) is 6. The third-order valence-electron chi connectivity index (χ3n) is 5.30. The smallest absolute Gasteiger partial charge is 0.255 e. The van der Waals surface area contributed by atoms with Crippen molar-refractivity contribution in [2.45, 2.75) is 12.5 Å². The van der Waals surface area contributed by atoms with Gasteiger partial charge >= 0.3 is 0 Å². The molecule has 0 spiro atoms. The lowest BCUT2D eigenvalue weighted by Crippen LogP contribution is -2.54. The molecule has 2 aliphatic rings. The van der Waals surface area contributed by atoms with E-state index in [1.165, 1.54) is 30.3 Å². The third kappa shape index (κ3) is 2.79. The molecule has 1 amide bonds. The zero-order valence-electron chi connectivity index (χ0n) is 16.0. The number of ether oxygens (including phenoxy) is 1. The van der Waals surface area contributed by atoms with Crippen LogP contribution < -0.4 is 15.4 Å². The van der Waals surface area contributed by atoms with Gasteiger partial charge in [-0.05, 0) is 13.0 Å². The summed E-state index contributed by atoms with van der Waals surface area (Å²) in [5.41, 5.74) is 5.71. The number of thiophene rings is 1. The first kappa shape index (κ1) is 19.1. The maximum Gasteiger partial charge on any atom is 0.255 e. The lowest BCUT2D eigenvalue weighted by molar-refractivity contribution is -0.132. The van der Waals surface area contributed by atoms with Crippen LogP contribution in [0.2, 0.25) is 0 Å². The summed E-state index contributed by atoms with van der Waals surface area (Å²) < 4.78 is 19.1. The molecule has 11 heteroatoms. The van der Waals surface area contributed by atoms with Gasteiger partial charge in [0.25, 0.3) is 5.88 Å². The summed E-state index contributed by atoms with van der Waals surface area (Å²) in [6, 6.07) is 3.83. The molecule has 4 rings (SSSR count). The summed E-state index contributed by atoms with van der Waals surface area (Å²) in [6.07, 6.45) is 0. The van der Waals surface area contributed by atoms with Crippen LogP contribution >= 0.6 is 11.3 Å². The van der Waals surface area contributed by atoms with Gasteiger partial charge in [-0.15, -0.1) is 11.3 Å². The van der Waals surface area contributed by atoms with E-state index in [-0.39, 0.29) is 42.5 Å². The minimum absolute atomic E-state index is 0.105. The molecule has 4 heterocycles. The summed E-state index contributed by atoms with van der Waals surface area (Å²) in [5.74, 6) is -1.17. The van der Waals surface area contributed by atoms with E-state index in [9.17, 15) is 14.4 Å². The van der Waals surface area contributed by atoms with E-state index in [2.05, 4.69) is 21.0 Å². The van der Waals surface area contributed by atoms with E-state index in [4.69, 9.17) is 10.5 Å².